The summed E-state index contributed by atoms with van der Waals surface area (Å²) in [5, 5.41) is 0. The van der Waals surface area contributed by atoms with Crippen molar-refractivity contribution < 1.29 is 25.9 Å². The molecule has 2 nitrogen and oxygen atoms in total. The summed E-state index contributed by atoms with van der Waals surface area (Å²) in [4.78, 5) is 2.32. The molecule has 2 fully saturated rings. The third kappa shape index (κ3) is 2.69. The third-order valence-corrected chi connectivity index (χ3v) is 4.38. The van der Waals surface area contributed by atoms with Crippen LogP contribution in [-0.2, 0) is 0 Å². The molecule has 0 aromatic heterocycles. The monoisotopic (exact) mass is 314 g/mol. The molecule has 2 heterocycles. The van der Waals surface area contributed by atoms with Gasteiger partial charge in [-0.3, -0.25) is 0 Å². The first-order valence-corrected chi connectivity index (χ1v) is 6.63. The zero-order chi connectivity index (χ0) is 11.7. The highest BCUT2D eigenvalue weighted by Crippen LogP contribution is 2.25. The number of hydrogen-bond donors (Lipinski definition) is 0. The van der Waals surface area contributed by atoms with Gasteiger partial charge in [-0.05, 0) is 18.2 Å². The van der Waals surface area contributed by atoms with Gasteiger partial charge in [-0.2, -0.15) is 0 Å². The molecule has 2 aliphatic rings. The van der Waals surface area contributed by atoms with Gasteiger partial charge >= 0.3 is 0 Å². The molecule has 3 rings (SSSR count). The topological polar surface area (TPSA) is 3.24 Å². The average Bonchev–Trinajstić information content (AvgIpc) is 2.79. The van der Waals surface area contributed by atoms with Gasteiger partial charge in [0.05, 0.1) is 39.3 Å². The number of anilines is 1. The first-order valence-electron chi connectivity index (χ1n) is 6.63. The maximum absolute atomic E-state index is 13.2. The van der Waals surface area contributed by atoms with E-state index in [4.69, 9.17) is 0 Å². The van der Waals surface area contributed by atoms with E-state index in [0.29, 0.717) is 0 Å². The highest BCUT2D eigenvalue weighted by atomic mass is 79.9. The largest absolute Gasteiger partial charge is 1.00 e. The van der Waals surface area contributed by atoms with Crippen LogP contribution in [0.1, 0.15) is 12.8 Å². The van der Waals surface area contributed by atoms with Gasteiger partial charge in [0.1, 0.15) is 5.82 Å². The van der Waals surface area contributed by atoms with Crippen LogP contribution in [0.5, 0.6) is 0 Å². The Morgan fingerprint density at radius 3 is 2.28 bits per heavy atom. The van der Waals surface area contributed by atoms with Crippen molar-refractivity contribution in [2.45, 2.75) is 12.8 Å². The normalized spacial score (nSPS) is 21.9. The summed E-state index contributed by atoms with van der Waals surface area (Å²) >= 11 is 0. The minimum atomic E-state index is -0.127. The number of piperazine rings is 1. The molecule has 0 aliphatic carbocycles. The zero-order valence-electron chi connectivity index (χ0n) is 10.6. The van der Waals surface area contributed by atoms with Crippen molar-refractivity contribution in [3.8, 4) is 0 Å². The predicted octanol–water partition coefficient (Wildman–Crippen LogP) is -0.740. The number of hydrogen-bond acceptors (Lipinski definition) is 1. The maximum atomic E-state index is 13.2. The van der Waals surface area contributed by atoms with Crippen molar-refractivity contribution in [2.75, 3.05) is 44.2 Å². The van der Waals surface area contributed by atoms with Gasteiger partial charge in [0.2, 0.25) is 0 Å². The molecule has 100 valence electrons. The highest BCUT2D eigenvalue weighted by molar-refractivity contribution is 5.46. The van der Waals surface area contributed by atoms with Crippen LogP contribution in [0.3, 0.4) is 0 Å². The first kappa shape index (κ1) is 13.8. The average molecular weight is 315 g/mol. The second kappa shape index (κ2) is 5.57. The van der Waals surface area contributed by atoms with E-state index in [9.17, 15) is 4.39 Å². The molecular formula is C14H20BrFN2. The van der Waals surface area contributed by atoms with Crippen molar-refractivity contribution in [1.29, 1.82) is 0 Å². The van der Waals surface area contributed by atoms with E-state index in [2.05, 4.69) is 4.90 Å². The van der Waals surface area contributed by atoms with Crippen LogP contribution in [0.4, 0.5) is 10.1 Å². The summed E-state index contributed by atoms with van der Waals surface area (Å²) in [6.07, 6.45) is 2.78. The minimum absolute atomic E-state index is 0. The molecule has 2 saturated heterocycles. The van der Waals surface area contributed by atoms with Crippen LogP contribution in [-0.4, -0.2) is 43.8 Å². The van der Waals surface area contributed by atoms with Crippen molar-refractivity contribution in [3.63, 3.8) is 0 Å². The van der Waals surface area contributed by atoms with E-state index < -0.39 is 0 Å². The summed E-state index contributed by atoms with van der Waals surface area (Å²) in [6, 6.07) is 6.99. The zero-order valence-corrected chi connectivity index (χ0v) is 12.2. The maximum Gasteiger partial charge on any atom is 0.125 e. The van der Waals surface area contributed by atoms with Crippen molar-refractivity contribution >= 4 is 5.69 Å². The smallest absolute Gasteiger partial charge is 0.125 e. The van der Waals surface area contributed by atoms with E-state index in [1.807, 2.05) is 6.07 Å². The van der Waals surface area contributed by atoms with E-state index >= 15 is 0 Å². The van der Waals surface area contributed by atoms with Crippen molar-refractivity contribution in [1.82, 2.24) is 0 Å². The minimum Gasteiger partial charge on any atom is -1.00 e. The van der Waals surface area contributed by atoms with Gasteiger partial charge < -0.3 is 26.4 Å². The molecule has 0 bridgehead atoms. The molecule has 1 aromatic carbocycles. The summed E-state index contributed by atoms with van der Waals surface area (Å²) in [5.41, 5.74) is 1.04. The van der Waals surface area contributed by atoms with Gasteiger partial charge in [-0.15, -0.1) is 0 Å². The SMILES string of the molecule is Fc1cccc(N2CC[N+]3(CCCC3)CC2)c1.[Br-]. The molecule has 0 atom stereocenters. The molecule has 1 spiro atoms. The second-order valence-electron chi connectivity index (χ2n) is 5.41. The third-order valence-electron chi connectivity index (χ3n) is 4.38. The molecule has 1 aromatic rings. The molecular weight excluding hydrogens is 295 g/mol. The van der Waals surface area contributed by atoms with Crippen LogP contribution in [0.15, 0.2) is 24.3 Å². The van der Waals surface area contributed by atoms with Crippen LogP contribution in [0.2, 0.25) is 0 Å². The Labute approximate surface area is 119 Å². The lowest BCUT2D eigenvalue weighted by Gasteiger charge is -2.42. The molecule has 0 unspecified atom stereocenters. The first-order chi connectivity index (χ1) is 8.27. The molecule has 0 amide bonds. The van der Waals surface area contributed by atoms with Gasteiger partial charge in [-0.1, -0.05) is 6.07 Å². The lowest BCUT2D eigenvalue weighted by Crippen LogP contribution is -3.00. The van der Waals surface area contributed by atoms with Crippen molar-refractivity contribution in [2.24, 2.45) is 0 Å². The number of halogens is 2. The number of rotatable bonds is 1. The van der Waals surface area contributed by atoms with Crippen LogP contribution in [0, 0.1) is 5.82 Å². The molecule has 18 heavy (non-hydrogen) atoms. The summed E-state index contributed by atoms with van der Waals surface area (Å²) in [7, 11) is 0. The lowest BCUT2D eigenvalue weighted by molar-refractivity contribution is -0.917. The van der Waals surface area contributed by atoms with E-state index in [1.54, 1.807) is 12.1 Å². The van der Waals surface area contributed by atoms with E-state index in [-0.39, 0.29) is 22.8 Å². The Balaban J connectivity index is 0.00000120. The number of quaternary nitrogens is 1. The Morgan fingerprint density at radius 1 is 1.00 bits per heavy atom. The fraction of sp³-hybridized carbons (Fsp3) is 0.571. The van der Waals surface area contributed by atoms with Gasteiger partial charge in [0.25, 0.3) is 0 Å². The fourth-order valence-electron chi connectivity index (χ4n) is 3.27. The molecule has 2 aliphatic heterocycles. The number of benzene rings is 1. The molecule has 4 heteroatoms. The summed E-state index contributed by atoms with van der Waals surface area (Å²) in [6.45, 7) is 7.33. The fourth-order valence-corrected chi connectivity index (χ4v) is 3.27. The standard InChI is InChI=1S/C14H20FN2.BrH/c15-13-4-3-5-14(12-13)16-6-10-17(11-7-16)8-1-2-9-17;/h3-5,12H,1-2,6-11H2;1H/q+1;/p-1. The highest BCUT2D eigenvalue weighted by Gasteiger charge is 2.35. The Morgan fingerprint density at radius 2 is 1.67 bits per heavy atom. The predicted molar refractivity (Wildman–Crippen MR) is 67.6 cm³/mol. The van der Waals surface area contributed by atoms with Crippen LogP contribution in [0.25, 0.3) is 0 Å². The van der Waals surface area contributed by atoms with Gasteiger partial charge in [0.15, 0.2) is 0 Å². The van der Waals surface area contributed by atoms with Crippen LogP contribution < -0.4 is 21.9 Å². The van der Waals surface area contributed by atoms with Crippen LogP contribution >= 0.6 is 0 Å². The second-order valence-corrected chi connectivity index (χ2v) is 5.41. The van der Waals surface area contributed by atoms with Gasteiger partial charge in [-0.25, -0.2) is 4.39 Å². The molecule has 0 saturated carbocycles. The summed E-state index contributed by atoms with van der Waals surface area (Å²) < 4.78 is 14.5. The van der Waals surface area contributed by atoms with E-state index in [1.165, 1.54) is 49.6 Å². The van der Waals surface area contributed by atoms with E-state index in [0.717, 1.165) is 18.8 Å². The Bertz CT molecular complexity index is 395. The summed E-state index contributed by atoms with van der Waals surface area (Å²) in [5.74, 6) is -0.127. The Hall–Kier alpha value is -0.610. The van der Waals surface area contributed by atoms with Gasteiger partial charge in [0, 0.05) is 18.5 Å². The van der Waals surface area contributed by atoms with Crippen molar-refractivity contribution in [3.05, 3.63) is 30.1 Å². The lowest BCUT2D eigenvalue weighted by atomic mass is 10.2. The molecule has 0 N–H and O–H groups in total. The Kier molecular flexibility index (Phi) is 4.28. The number of nitrogens with zero attached hydrogens (tertiary/aromatic N) is 2. The molecule has 0 radical (unpaired) electrons. The quantitative estimate of drug-likeness (QED) is 0.617.